The molecular formula is C12H14O5. The van der Waals surface area contributed by atoms with Crippen LogP contribution in [0.25, 0.3) is 0 Å². The molecule has 17 heavy (non-hydrogen) atoms. The Morgan fingerprint density at radius 3 is 2.41 bits per heavy atom. The topological polar surface area (TPSA) is 80.7 Å². The van der Waals surface area contributed by atoms with Gasteiger partial charge in [0.15, 0.2) is 11.5 Å². The minimum atomic E-state index is -0.748. The first-order chi connectivity index (χ1) is 7.77. The van der Waals surface area contributed by atoms with Crippen molar-refractivity contribution in [3.63, 3.8) is 0 Å². The van der Waals surface area contributed by atoms with Crippen molar-refractivity contribution in [2.75, 3.05) is 0 Å². The van der Waals surface area contributed by atoms with Crippen molar-refractivity contribution < 1.29 is 24.2 Å². The molecule has 1 rings (SSSR count). The second kappa shape index (κ2) is 4.53. The largest absolute Gasteiger partial charge is 0.504 e. The van der Waals surface area contributed by atoms with Crippen LogP contribution in [0.5, 0.6) is 0 Å². The molecule has 0 heterocycles. The standard InChI is InChI=1S/C12H14O5/c1-4-12(2,3)11(16)17-10-6-8(14)7(13)5-9(10)15/h5-6,13H,4H2,1-3H3. The number of aliphatic hydroxyl groups excluding tert-OH is 1. The zero-order valence-corrected chi connectivity index (χ0v) is 9.94. The van der Waals surface area contributed by atoms with Crippen LogP contribution in [0.15, 0.2) is 23.7 Å². The van der Waals surface area contributed by atoms with Gasteiger partial charge in [0.1, 0.15) is 0 Å². The van der Waals surface area contributed by atoms with Gasteiger partial charge in [0.2, 0.25) is 11.6 Å². The molecule has 92 valence electrons. The molecule has 0 bridgehead atoms. The molecule has 0 amide bonds. The van der Waals surface area contributed by atoms with Crippen molar-refractivity contribution >= 4 is 17.5 Å². The second-order valence-corrected chi connectivity index (χ2v) is 4.39. The van der Waals surface area contributed by atoms with E-state index in [1.807, 2.05) is 6.92 Å². The number of hydrogen-bond donors (Lipinski definition) is 1. The molecule has 1 N–H and O–H groups in total. The summed E-state index contributed by atoms with van der Waals surface area (Å²) in [4.78, 5) is 34.2. The molecule has 0 aromatic rings. The smallest absolute Gasteiger partial charge is 0.317 e. The lowest BCUT2D eigenvalue weighted by Gasteiger charge is -2.21. The van der Waals surface area contributed by atoms with Crippen LogP contribution in [0.2, 0.25) is 0 Å². The second-order valence-electron chi connectivity index (χ2n) is 4.39. The number of aliphatic hydroxyl groups is 1. The third-order valence-electron chi connectivity index (χ3n) is 2.66. The molecular weight excluding hydrogens is 224 g/mol. The van der Waals surface area contributed by atoms with Gasteiger partial charge in [-0.15, -0.1) is 0 Å². The molecule has 0 saturated heterocycles. The molecule has 0 unspecified atom stereocenters. The van der Waals surface area contributed by atoms with E-state index in [1.165, 1.54) is 0 Å². The summed E-state index contributed by atoms with van der Waals surface area (Å²) in [7, 11) is 0. The maximum atomic E-state index is 11.7. The fraction of sp³-hybridized carbons (Fsp3) is 0.417. The Balaban J connectivity index is 2.85. The number of hydrogen-bond acceptors (Lipinski definition) is 5. The highest BCUT2D eigenvalue weighted by Gasteiger charge is 2.31. The first-order valence-electron chi connectivity index (χ1n) is 5.21. The Bertz CT molecular complexity index is 440. The van der Waals surface area contributed by atoms with Crippen LogP contribution in [-0.2, 0) is 19.1 Å². The van der Waals surface area contributed by atoms with E-state index in [-0.39, 0.29) is 5.76 Å². The van der Waals surface area contributed by atoms with Crippen molar-refractivity contribution in [3.8, 4) is 0 Å². The zero-order chi connectivity index (χ0) is 13.2. The highest BCUT2D eigenvalue weighted by Crippen LogP contribution is 2.24. The quantitative estimate of drug-likeness (QED) is 0.594. The Kier molecular flexibility index (Phi) is 3.50. The molecule has 0 aromatic heterocycles. The zero-order valence-electron chi connectivity index (χ0n) is 9.94. The van der Waals surface area contributed by atoms with Crippen molar-refractivity contribution in [1.82, 2.24) is 0 Å². The number of rotatable bonds is 3. The molecule has 5 nitrogen and oxygen atoms in total. The van der Waals surface area contributed by atoms with Gasteiger partial charge in [-0.05, 0) is 20.3 Å². The maximum absolute atomic E-state index is 11.7. The number of allylic oxidation sites excluding steroid dienone is 2. The van der Waals surface area contributed by atoms with Crippen LogP contribution < -0.4 is 0 Å². The van der Waals surface area contributed by atoms with E-state index >= 15 is 0 Å². The molecule has 0 spiro atoms. The summed E-state index contributed by atoms with van der Waals surface area (Å²) in [5, 5.41) is 9.01. The van der Waals surface area contributed by atoms with Gasteiger partial charge in [0.25, 0.3) is 0 Å². The third-order valence-corrected chi connectivity index (χ3v) is 2.66. The predicted octanol–water partition coefficient (Wildman–Crippen LogP) is 1.44. The van der Waals surface area contributed by atoms with Crippen LogP contribution in [0.1, 0.15) is 27.2 Å². The summed E-state index contributed by atoms with van der Waals surface area (Å²) in [6, 6.07) is 0. The summed E-state index contributed by atoms with van der Waals surface area (Å²) in [5.41, 5.74) is -0.729. The molecule has 0 fully saturated rings. The van der Waals surface area contributed by atoms with E-state index in [2.05, 4.69) is 0 Å². The van der Waals surface area contributed by atoms with Gasteiger partial charge in [0.05, 0.1) is 5.41 Å². The van der Waals surface area contributed by atoms with Gasteiger partial charge in [-0.1, -0.05) is 6.92 Å². The highest BCUT2D eigenvalue weighted by molar-refractivity contribution is 6.18. The Morgan fingerprint density at radius 2 is 1.88 bits per heavy atom. The lowest BCUT2D eigenvalue weighted by molar-refractivity contribution is -0.151. The summed E-state index contributed by atoms with van der Waals surface area (Å²) in [5.74, 6) is -3.02. The van der Waals surface area contributed by atoms with Crippen molar-refractivity contribution in [3.05, 3.63) is 23.7 Å². The van der Waals surface area contributed by atoms with E-state index in [9.17, 15) is 14.4 Å². The molecule has 0 radical (unpaired) electrons. The van der Waals surface area contributed by atoms with E-state index in [0.717, 1.165) is 12.2 Å². The normalized spacial score (nSPS) is 16.4. The Morgan fingerprint density at radius 1 is 1.29 bits per heavy atom. The van der Waals surface area contributed by atoms with Crippen LogP contribution in [-0.4, -0.2) is 22.6 Å². The van der Waals surface area contributed by atoms with Crippen LogP contribution >= 0.6 is 0 Å². The summed E-state index contributed by atoms with van der Waals surface area (Å²) in [6.07, 6.45) is 2.10. The Hall–Kier alpha value is -1.91. The van der Waals surface area contributed by atoms with Crippen molar-refractivity contribution in [2.24, 2.45) is 5.41 Å². The van der Waals surface area contributed by atoms with Crippen LogP contribution in [0, 0.1) is 5.41 Å². The molecule has 0 aliphatic heterocycles. The average molecular weight is 238 g/mol. The number of esters is 1. The van der Waals surface area contributed by atoms with Gasteiger partial charge in [-0.25, -0.2) is 0 Å². The molecule has 1 aliphatic carbocycles. The van der Waals surface area contributed by atoms with Crippen molar-refractivity contribution in [2.45, 2.75) is 27.2 Å². The monoisotopic (exact) mass is 238 g/mol. The minimum Gasteiger partial charge on any atom is -0.504 e. The summed E-state index contributed by atoms with van der Waals surface area (Å²) in [6.45, 7) is 5.17. The van der Waals surface area contributed by atoms with Gasteiger partial charge >= 0.3 is 5.97 Å². The van der Waals surface area contributed by atoms with Gasteiger partial charge in [0, 0.05) is 12.2 Å². The number of carbonyl (C=O) groups is 3. The van der Waals surface area contributed by atoms with Crippen LogP contribution in [0.3, 0.4) is 0 Å². The average Bonchev–Trinajstić information content (AvgIpc) is 2.25. The van der Waals surface area contributed by atoms with Crippen molar-refractivity contribution in [1.29, 1.82) is 0 Å². The SMILES string of the molecule is CCC(C)(C)C(=O)OC1=CC(=O)C(O)=CC1=O. The van der Waals surface area contributed by atoms with E-state index < -0.39 is 28.7 Å². The number of carbonyl (C=O) groups excluding carboxylic acids is 3. The van der Waals surface area contributed by atoms with Gasteiger partial charge in [-0.2, -0.15) is 0 Å². The van der Waals surface area contributed by atoms with Crippen LogP contribution in [0.4, 0.5) is 0 Å². The molecule has 0 saturated carbocycles. The molecule has 1 aliphatic rings. The Labute approximate surface area is 98.8 Å². The number of ketones is 2. The molecule has 0 aromatic carbocycles. The molecule has 5 heteroatoms. The van der Waals surface area contributed by atoms with E-state index in [0.29, 0.717) is 6.42 Å². The maximum Gasteiger partial charge on any atom is 0.317 e. The number of ether oxygens (including phenoxy) is 1. The minimum absolute atomic E-state index is 0.348. The molecule has 0 atom stereocenters. The van der Waals surface area contributed by atoms with Gasteiger partial charge in [-0.3, -0.25) is 14.4 Å². The highest BCUT2D eigenvalue weighted by atomic mass is 16.5. The summed E-state index contributed by atoms with van der Waals surface area (Å²) < 4.78 is 4.87. The lowest BCUT2D eigenvalue weighted by Crippen LogP contribution is -2.28. The predicted molar refractivity (Wildman–Crippen MR) is 59.0 cm³/mol. The lowest BCUT2D eigenvalue weighted by atomic mass is 9.90. The van der Waals surface area contributed by atoms with E-state index in [1.54, 1.807) is 13.8 Å². The third kappa shape index (κ3) is 2.81. The van der Waals surface area contributed by atoms with Gasteiger partial charge < -0.3 is 9.84 Å². The first kappa shape index (κ1) is 13.2. The fourth-order valence-electron chi connectivity index (χ4n) is 0.993. The first-order valence-corrected chi connectivity index (χ1v) is 5.21. The summed E-state index contributed by atoms with van der Waals surface area (Å²) >= 11 is 0. The fourth-order valence-corrected chi connectivity index (χ4v) is 0.993. The van der Waals surface area contributed by atoms with E-state index in [4.69, 9.17) is 9.84 Å².